The lowest BCUT2D eigenvalue weighted by Crippen LogP contribution is -1.99. The van der Waals surface area contributed by atoms with Crippen LogP contribution >= 0.6 is 0 Å². The summed E-state index contributed by atoms with van der Waals surface area (Å²) in [4.78, 5) is 22.4. The number of rotatable bonds is 3. The number of nitrogen functional groups attached to an aromatic ring is 1. The molecule has 0 atom stereocenters. The third-order valence-electron chi connectivity index (χ3n) is 2.80. The monoisotopic (exact) mass is 255 g/mol. The highest BCUT2D eigenvalue weighted by Gasteiger charge is 2.08. The standard InChI is InChI=1S/C15H13NO3/c1-9(17)10-3-2-4-11(5-10)12-6-13(15(18)19)8-14(16)7-12/h2-8H,16H2,1H3,(H,18,19). The summed E-state index contributed by atoms with van der Waals surface area (Å²) < 4.78 is 0. The van der Waals surface area contributed by atoms with Crippen molar-refractivity contribution in [2.45, 2.75) is 6.92 Å². The largest absolute Gasteiger partial charge is 0.478 e. The van der Waals surface area contributed by atoms with Gasteiger partial charge in [-0.3, -0.25) is 4.79 Å². The molecular weight excluding hydrogens is 242 g/mol. The number of carboxylic acid groups (broad SMARTS) is 1. The number of Topliss-reactive ketones (excluding diaryl/α,β-unsaturated/α-hetero) is 1. The van der Waals surface area contributed by atoms with Crippen molar-refractivity contribution in [2.75, 3.05) is 5.73 Å². The maximum atomic E-state index is 11.4. The highest BCUT2D eigenvalue weighted by atomic mass is 16.4. The number of carbonyl (C=O) groups excluding carboxylic acids is 1. The summed E-state index contributed by atoms with van der Waals surface area (Å²) >= 11 is 0. The molecule has 0 fully saturated rings. The minimum absolute atomic E-state index is 0.0378. The number of ketones is 1. The van der Waals surface area contributed by atoms with Crippen LogP contribution in [0.3, 0.4) is 0 Å². The first-order chi connectivity index (χ1) is 8.97. The van der Waals surface area contributed by atoms with E-state index < -0.39 is 5.97 Å². The van der Waals surface area contributed by atoms with Gasteiger partial charge >= 0.3 is 5.97 Å². The van der Waals surface area contributed by atoms with Gasteiger partial charge in [0, 0.05) is 11.3 Å². The summed E-state index contributed by atoms with van der Waals surface area (Å²) in [5.41, 5.74) is 8.24. The van der Waals surface area contributed by atoms with E-state index in [0.29, 0.717) is 16.8 Å². The number of aromatic carboxylic acids is 1. The van der Waals surface area contributed by atoms with Gasteiger partial charge in [0.2, 0.25) is 0 Å². The Balaban J connectivity index is 2.55. The van der Waals surface area contributed by atoms with Gasteiger partial charge < -0.3 is 10.8 Å². The minimum atomic E-state index is -1.03. The maximum absolute atomic E-state index is 11.4. The minimum Gasteiger partial charge on any atom is -0.478 e. The van der Waals surface area contributed by atoms with E-state index in [0.717, 1.165) is 5.56 Å². The molecule has 4 heteroatoms. The summed E-state index contributed by atoms with van der Waals surface area (Å²) in [6, 6.07) is 11.6. The van der Waals surface area contributed by atoms with Crippen LogP contribution in [-0.4, -0.2) is 16.9 Å². The van der Waals surface area contributed by atoms with Crippen molar-refractivity contribution in [1.82, 2.24) is 0 Å². The molecule has 0 heterocycles. The lowest BCUT2D eigenvalue weighted by molar-refractivity contribution is 0.0696. The van der Waals surface area contributed by atoms with E-state index in [1.165, 1.54) is 19.1 Å². The first kappa shape index (κ1) is 12.8. The van der Waals surface area contributed by atoms with Crippen molar-refractivity contribution in [1.29, 1.82) is 0 Å². The van der Waals surface area contributed by atoms with Gasteiger partial charge in [0.1, 0.15) is 0 Å². The molecule has 2 aromatic rings. The van der Waals surface area contributed by atoms with Gasteiger partial charge in [-0.05, 0) is 42.3 Å². The second-order valence-electron chi connectivity index (χ2n) is 4.29. The predicted octanol–water partition coefficient (Wildman–Crippen LogP) is 2.84. The molecule has 0 saturated carbocycles. The van der Waals surface area contributed by atoms with Gasteiger partial charge in [-0.2, -0.15) is 0 Å². The average Bonchev–Trinajstić information content (AvgIpc) is 2.38. The fraction of sp³-hybridized carbons (Fsp3) is 0.0667. The van der Waals surface area contributed by atoms with Crippen LogP contribution in [0, 0.1) is 0 Å². The molecule has 0 aliphatic rings. The molecule has 19 heavy (non-hydrogen) atoms. The van der Waals surface area contributed by atoms with Crippen LogP contribution in [0.1, 0.15) is 27.6 Å². The second-order valence-corrected chi connectivity index (χ2v) is 4.29. The first-order valence-electron chi connectivity index (χ1n) is 5.72. The molecule has 0 spiro atoms. The topological polar surface area (TPSA) is 80.4 Å². The number of carbonyl (C=O) groups is 2. The van der Waals surface area contributed by atoms with E-state index in [9.17, 15) is 9.59 Å². The first-order valence-corrected chi connectivity index (χ1v) is 5.72. The Morgan fingerprint density at radius 1 is 1.00 bits per heavy atom. The zero-order valence-electron chi connectivity index (χ0n) is 10.4. The van der Waals surface area contributed by atoms with Gasteiger partial charge in [-0.25, -0.2) is 4.79 Å². The molecule has 0 bridgehead atoms. The lowest BCUT2D eigenvalue weighted by atomic mass is 9.99. The summed E-state index contributed by atoms with van der Waals surface area (Å²) in [5.74, 6) is -1.07. The molecule has 0 amide bonds. The summed E-state index contributed by atoms with van der Waals surface area (Å²) in [7, 11) is 0. The number of hydrogen-bond donors (Lipinski definition) is 2. The molecule has 96 valence electrons. The molecule has 0 radical (unpaired) electrons. The van der Waals surface area contributed by atoms with E-state index in [-0.39, 0.29) is 11.3 Å². The third-order valence-corrected chi connectivity index (χ3v) is 2.80. The Morgan fingerprint density at radius 3 is 2.32 bits per heavy atom. The van der Waals surface area contributed by atoms with Gasteiger partial charge in [-0.1, -0.05) is 18.2 Å². The van der Waals surface area contributed by atoms with Gasteiger partial charge in [0.25, 0.3) is 0 Å². The van der Waals surface area contributed by atoms with E-state index in [1.54, 1.807) is 24.3 Å². The quantitative estimate of drug-likeness (QED) is 0.652. The molecular formula is C15H13NO3. The number of benzene rings is 2. The SMILES string of the molecule is CC(=O)c1cccc(-c2cc(N)cc(C(=O)O)c2)c1. The molecule has 0 saturated heterocycles. The van der Waals surface area contributed by atoms with Crippen LogP contribution < -0.4 is 5.73 Å². The zero-order valence-corrected chi connectivity index (χ0v) is 10.4. The Morgan fingerprint density at radius 2 is 1.68 bits per heavy atom. The highest BCUT2D eigenvalue weighted by molar-refractivity contribution is 5.96. The van der Waals surface area contributed by atoms with E-state index in [1.807, 2.05) is 6.07 Å². The molecule has 2 rings (SSSR count). The van der Waals surface area contributed by atoms with Crippen molar-refractivity contribution >= 4 is 17.4 Å². The normalized spacial score (nSPS) is 10.2. The molecule has 0 aliphatic heterocycles. The number of nitrogens with two attached hydrogens (primary N) is 1. The van der Waals surface area contributed by atoms with Crippen LogP contribution in [0.25, 0.3) is 11.1 Å². The fourth-order valence-corrected chi connectivity index (χ4v) is 1.86. The van der Waals surface area contributed by atoms with Crippen molar-refractivity contribution in [3.8, 4) is 11.1 Å². The lowest BCUT2D eigenvalue weighted by Gasteiger charge is -2.06. The van der Waals surface area contributed by atoms with Crippen molar-refractivity contribution in [3.05, 3.63) is 53.6 Å². The van der Waals surface area contributed by atoms with Crippen LogP contribution in [0.2, 0.25) is 0 Å². The van der Waals surface area contributed by atoms with Crippen molar-refractivity contribution in [2.24, 2.45) is 0 Å². The molecule has 4 nitrogen and oxygen atoms in total. The van der Waals surface area contributed by atoms with Crippen LogP contribution in [0.15, 0.2) is 42.5 Å². The Hall–Kier alpha value is -2.62. The van der Waals surface area contributed by atoms with Crippen molar-refractivity contribution < 1.29 is 14.7 Å². The average molecular weight is 255 g/mol. The van der Waals surface area contributed by atoms with E-state index in [4.69, 9.17) is 10.8 Å². The Labute approximate surface area is 110 Å². The molecule has 0 aliphatic carbocycles. The summed E-state index contributed by atoms with van der Waals surface area (Å²) in [6.07, 6.45) is 0. The molecule has 0 aromatic heterocycles. The third kappa shape index (κ3) is 2.80. The molecule has 2 aromatic carbocycles. The van der Waals surface area contributed by atoms with Crippen LogP contribution in [0.5, 0.6) is 0 Å². The predicted molar refractivity (Wildman–Crippen MR) is 73.3 cm³/mol. The van der Waals surface area contributed by atoms with Crippen LogP contribution in [0.4, 0.5) is 5.69 Å². The summed E-state index contributed by atoms with van der Waals surface area (Å²) in [6.45, 7) is 1.49. The summed E-state index contributed by atoms with van der Waals surface area (Å²) in [5, 5.41) is 9.01. The number of hydrogen-bond acceptors (Lipinski definition) is 3. The van der Waals surface area contributed by atoms with Crippen LogP contribution in [-0.2, 0) is 0 Å². The van der Waals surface area contributed by atoms with E-state index in [2.05, 4.69) is 0 Å². The smallest absolute Gasteiger partial charge is 0.335 e. The Kier molecular flexibility index (Phi) is 3.33. The number of anilines is 1. The highest BCUT2D eigenvalue weighted by Crippen LogP contribution is 2.24. The van der Waals surface area contributed by atoms with Crippen molar-refractivity contribution in [3.63, 3.8) is 0 Å². The van der Waals surface area contributed by atoms with Gasteiger partial charge in [0.05, 0.1) is 5.56 Å². The van der Waals surface area contributed by atoms with Gasteiger partial charge in [0.15, 0.2) is 5.78 Å². The zero-order chi connectivity index (χ0) is 14.0. The Bertz CT molecular complexity index is 662. The molecule has 0 unspecified atom stereocenters. The van der Waals surface area contributed by atoms with Gasteiger partial charge in [-0.15, -0.1) is 0 Å². The number of carboxylic acids is 1. The fourth-order valence-electron chi connectivity index (χ4n) is 1.86. The molecule has 3 N–H and O–H groups in total. The van der Waals surface area contributed by atoms with E-state index >= 15 is 0 Å². The second kappa shape index (κ2) is 4.94. The maximum Gasteiger partial charge on any atom is 0.335 e.